The first-order chi connectivity index (χ1) is 11.7. The third kappa shape index (κ3) is 4.45. The number of hydrogen-bond acceptors (Lipinski definition) is 2. The highest BCUT2D eigenvalue weighted by Crippen LogP contribution is 2.18. The maximum atomic E-state index is 12.1. The summed E-state index contributed by atoms with van der Waals surface area (Å²) in [5.41, 5.74) is 5.23. The Morgan fingerprint density at radius 3 is 2.67 bits per heavy atom. The van der Waals surface area contributed by atoms with E-state index >= 15 is 0 Å². The van der Waals surface area contributed by atoms with Crippen molar-refractivity contribution in [2.45, 2.75) is 32.7 Å². The zero-order valence-electron chi connectivity index (χ0n) is 14.4. The summed E-state index contributed by atoms with van der Waals surface area (Å²) < 4.78 is 0. The molecule has 3 rings (SSSR count). The number of benzene rings is 2. The zero-order chi connectivity index (χ0) is 16.8. The van der Waals surface area contributed by atoms with Crippen molar-refractivity contribution in [2.75, 3.05) is 19.6 Å². The van der Waals surface area contributed by atoms with Gasteiger partial charge in [-0.1, -0.05) is 48.5 Å². The Labute approximate surface area is 144 Å². The van der Waals surface area contributed by atoms with Crippen molar-refractivity contribution in [3.05, 3.63) is 70.8 Å². The molecule has 1 amide bonds. The van der Waals surface area contributed by atoms with E-state index in [1.165, 1.54) is 16.7 Å². The molecule has 2 aromatic carbocycles. The number of hydrogen-bond donors (Lipinski definition) is 1. The van der Waals surface area contributed by atoms with Gasteiger partial charge in [-0.05, 0) is 42.0 Å². The largest absolute Gasteiger partial charge is 0.356 e. The number of carbonyl (C=O) groups is 1. The number of fused-ring (bicyclic) bond motifs is 1. The van der Waals surface area contributed by atoms with Crippen LogP contribution in [-0.4, -0.2) is 30.4 Å². The molecule has 24 heavy (non-hydrogen) atoms. The van der Waals surface area contributed by atoms with Crippen LogP contribution in [0, 0.1) is 6.92 Å². The van der Waals surface area contributed by atoms with Gasteiger partial charge < -0.3 is 5.32 Å². The Bertz CT molecular complexity index is 696. The van der Waals surface area contributed by atoms with Gasteiger partial charge in [0.2, 0.25) is 5.91 Å². The molecule has 0 bridgehead atoms. The SMILES string of the molecule is Cc1ccccc1CC(=O)NCCCN1CCc2ccccc2C1. The van der Waals surface area contributed by atoms with Gasteiger partial charge in [-0.3, -0.25) is 9.69 Å². The highest BCUT2D eigenvalue weighted by molar-refractivity contribution is 5.78. The van der Waals surface area contributed by atoms with E-state index in [1.807, 2.05) is 18.2 Å². The van der Waals surface area contributed by atoms with Crippen LogP contribution >= 0.6 is 0 Å². The molecule has 0 atom stereocenters. The van der Waals surface area contributed by atoms with Gasteiger partial charge in [0.15, 0.2) is 0 Å². The molecule has 0 saturated carbocycles. The highest BCUT2D eigenvalue weighted by Gasteiger charge is 2.15. The van der Waals surface area contributed by atoms with E-state index in [0.29, 0.717) is 6.42 Å². The number of carbonyl (C=O) groups excluding carboxylic acids is 1. The van der Waals surface area contributed by atoms with Crippen LogP contribution in [0.2, 0.25) is 0 Å². The van der Waals surface area contributed by atoms with E-state index in [1.54, 1.807) is 0 Å². The third-order valence-electron chi connectivity index (χ3n) is 4.80. The molecule has 3 nitrogen and oxygen atoms in total. The molecular formula is C21H26N2O. The molecule has 0 radical (unpaired) electrons. The fourth-order valence-electron chi connectivity index (χ4n) is 3.32. The van der Waals surface area contributed by atoms with Crippen LogP contribution in [0.15, 0.2) is 48.5 Å². The van der Waals surface area contributed by atoms with E-state index in [9.17, 15) is 4.79 Å². The molecule has 1 aliphatic heterocycles. The summed E-state index contributed by atoms with van der Waals surface area (Å²) in [4.78, 5) is 14.5. The predicted molar refractivity (Wildman–Crippen MR) is 97.9 cm³/mol. The molecule has 1 heterocycles. The summed E-state index contributed by atoms with van der Waals surface area (Å²) in [7, 11) is 0. The van der Waals surface area contributed by atoms with E-state index in [-0.39, 0.29) is 5.91 Å². The standard InChI is InChI=1S/C21H26N2O/c1-17-7-2-3-9-19(17)15-21(24)22-12-6-13-23-14-11-18-8-4-5-10-20(18)16-23/h2-5,7-10H,6,11-16H2,1H3,(H,22,24). The van der Waals surface area contributed by atoms with Crippen molar-refractivity contribution in [3.8, 4) is 0 Å². The molecule has 0 saturated heterocycles. The second-order valence-corrected chi connectivity index (χ2v) is 6.60. The normalized spacial score (nSPS) is 14.2. The second kappa shape index (κ2) is 8.11. The molecule has 0 aliphatic carbocycles. The first-order valence-electron chi connectivity index (χ1n) is 8.83. The number of nitrogens with one attached hydrogen (secondary N) is 1. The van der Waals surface area contributed by atoms with Crippen molar-refractivity contribution >= 4 is 5.91 Å². The second-order valence-electron chi connectivity index (χ2n) is 6.60. The van der Waals surface area contributed by atoms with Crippen molar-refractivity contribution in [2.24, 2.45) is 0 Å². The molecular weight excluding hydrogens is 296 g/mol. The monoisotopic (exact) mass is 322 g/mol. The molecule has 0 fully saturated rings. The smallest absolute Gasteiger partial charge is 0.224 e. The first kappa shape index (κ1) is 16.7. The van der Waals surface area contributed by atoms with Crippen molar-refractivity contribution in [1.29, 1.82) is 0 Å². The van der Waals surface area contributed by atoms with Gasteiger partial charge in [0.1, 0.15) is 0 Å². The van der Waals surface area contributed by atoms with E-state index in [4.69, 9.17) is 0 Å². The van der Waals surface area contributed by atoms with Crippen molar-refractivity contribution < 1.29 is 4.79 Å². The fraction of sp³-hybridized carbons (Fsp3) is 0.381. The van der Waals surface area contributed by atoms with Gasteiger partial charge in [-0.25, -0.2) is 0 Å². The van der Waals surface area contributed by atoms with Crippen LogP contribution < -0.4 is 5.32 Å². The van der Waals surface area contributed by atoms with Crippen molar-refractivity contribution in [1.82, 2.24) is 10.2 Å². The van der Waals surface area contributed by atoms with Crippen LogP contribution in [-0.2, 0) is 24.2 Å². The van der Waals surface area contributed by atoms with Crippen molar-refractivity contribution in [3.63, 3.8) is 0 Å². The fourth-order valence-corrected chi connectivity index (χ4v) is 3.32. The van der Waals surface area contributed by atoms with Gasteiger partial charge in [-0.15, -0.1) is 0 Å². The predicted octanol–water partition coefficient (Wildman–Crippen LogP) is 3.10. The lowest BCUT2D eigenvalue weighted by Crippen LogP contribution is -2.34. The van der Waals surface area contributed by atoms with E-state index in [2.05, 4.69) is 47.5 Å². The topological polar surface area (TPSA) is 32.3 Å². The average Bonchev–Trinajstić information content (AvgIpc) is 2.60. The molecule has 0 aromatic heterocycles. The van der Waals surface area contributed by atoms with Gasteiger partial charge in [0, 0.05) is 26.2 Å². The summed E-state index contributed by atoms with van der Waals surface area (Å²) in [5, 5.41) is 3.05. The quantitative estimate of drug-likeness (QED) is 0.829. The summed E-state index contributed by atoms with van der Waals surface area (Å²) in [6, 6.07) is 16.8. The Hall–Kier alpha value is -2.13. The maximum absolute atomic E-state index is 12.1. The Morgan fingerprint density at radius 2 is 1.83 bits per heavy atom. The number of nitrogens with zero attached hydrogens (tertiary/aromatic N) is 1. The molecule has 1 aliphatic rings. The summed E-state index contributed by atoms with van der Waals surface area (Å²) in [6.07, 6.45) is 2.61. The van der Waals surface area contributed by atoms with E-state index in [0.717, 1.165) is 44.6 Å². The van der Waals surface area contributed by atoms with E-state index < -0.39 is 0 Å². The minimum atomic E-state index is 0.119. The number of aryl methyl sites for hydroxylation is 1. The Balaban J connectivity index is 1.37. The van der Waals surface area contributed by atoms with Gasteiger partial charge in [0.25, 0.3) is 0 Å². The number of rotatable bonds is 6. The zero-order valence-corrected chi connectivity index (χ0v) is 14.4. The average molecular weight is 322 g/mol. The molecule has 3 heteroatoms. The summed E-state index contributed by atoms with van der Waals surface area (Å²) >= 11 is 0. The van der Waals surface area contributed by atoms with Gasteiger partial charge in [-0.2, -0.15) is 0 Å². The first-order valence-corrected chi connectivity index (χ1v) is 8.83. The van der Waals surface area contributed by atoms with Gasteiger partial charge in [0.05, 0.1) is 6.42 Å². The van der Waals surface area contributed by atoms with Crippen LogP contribution in [0.1, 0.15) is 28.7 Å². The van der Waals surface area contributed by atoms with Crippen LogP contribution in [0.4, 0.5) is 0 Å². The Kier molecular flexibility index (Phi) is 5.65. The lowest BCUT2D eigenvalue weighted by atomic mass is 10.00. The van der Waals surface area contributed by atoms with Crippen LogP contribution in [0.3, 0.4) is 0 Å². The van der Waals surface area contributed by atoms with Crippen LogP contribution in [0.5, 0.6) is 0 Å². The minimum absolute atomic E-state index is 0.119. The molecule has 126 valence electrons. The molecule has 1 N–H and O–H groups in total. The maximum Gasteiger partial charge on any atom is 0.224 e. The van der Waals surface area contributed by atoms with Gasteiger partial charge >= 0.3 is 0 Å². The highest BCUT2D eigenvalue weighted by atomic mass is 16.1. The summed E-state index contributed by atoms with van der Waals surface area (Å²) in [5.74, 6) is 0.119. The number of amides is 1. The Morgan fingerprint density at radius 1 is 1.08 bits per heavy atom. The molecule has 0 spiro atoms. The molecule has 0 unspecified atom stereocenters. The molecule has 2 aromatic rings. The summed E-state index contributed by atoms with van der Waals surface area (Å²) in [6.45, 7) is 6.00. The van der Waals surface area contributed by atoms with Crippen LogP contribution in [0.25, 0.3) is 0 Å². The lowest BCUT2D eigenvalue weighted by molar-refractivity contribution is -0.120. The minimum Gasteiger partial charge on any atom is -0.356 e. The lowest BCUT2D eigenvalue weighted by Gasteiger charge is -2.28. The third-order valence-corrected chi connectivity index (χ3v) is 4.80.